The zero-order chi connectivity index (χ0) is 29.6. The molecule has 2 saturated heterocycles. The fraction of sp³-hybridized carbons (Fsp3) is 0.444. The van der Waals surface area contributed by atoms with Crippen molar-refractivity contribution >= 4 is 11.0 Å². The van der Waals surface area contributed by atoms with Crippen molar-refractivity contribution in [2.45, 2.75) is 68.3 Å². The largest absolute Gasteiger partial charge is 0.508 e. The van der Waals surface area contributed by atoms with E-state index in [1.165, 1.54) is 43.3 Å². The standard InChI is InChI=1S/C27H30O14/c1-10-20(32)22(34)24(36)26(37-10)41-25-23(35)21(33)18(9-28)40-27(25)38-13-6-14(30)19-15(31)8-16(39-17(19)7-13)11-2-4-12(29)5-3-11/h2-8,10,18,20-30,32-36H,9H2,1H3/t10-,18-,20-,21+,22-,23+,24+,25-,26-,27+/m0/s1. The molecule has 2 aliphatic heterocycles. The van der Waals surface area contributed by atoms with Crippen LogP contribution in [-0.4, -0.2) is 109 Å². The van der Waals surface area contributed by atoms with E-state index < -0.39 is 79.2 Å². The molecule has 0 spiro atoms. The summed E-state index contributed by atoms with van der Waals surface area (Å²) in [6.45, 7) is 0.704. The molecule has 0 bridgehead atoms. The van der Waals surface area contributed by atoms with Crippen LogP contribution >= 0.6 is 0 Å². The van der Waals surface area contributed by atoms with Crippen molar-refractivity contribution in [2.75, 3.05) is 6.61 Å². The van der Waals surface area contributed by atoms with Gasteiger partial charge in [0.1, 0.15) is 70.6 Å². The Bertz CT molecular complexity index is 1420. The summed E-state index contributed by atoms with van der Waals surface area (Å²) in [7, 11) is 0. The first-order chi connectivity index (χ1) is 19.5. The van der Waals surface area contributed by atoms with Gasteiger partial charge in [0.15, 0.2) is 17.8 Å². The van der Waals surface area contributed by atoms with E-state index in [0.717, 1.165) is 6.07 Å². The molecule has 10 atom stereocenters. The predicted molar refractivity (Wildman–Crippen MR) is 137 cm³/mol. The maximum Gasteiger partial charge on any atom is 0.229 e. The van der Waals surface area contributed by atoms with E-state index in [0.29, 0.717) is 5.56 Å². The van der Waals surface area contributed by atoms with E-state index in [1.807, 2.05) is 0 Å². The van der Waals surface area contributed by atoms with Gasteiger partial charge in [-0.05, 0) is 31.2 Å². The first kappa shape index (κ1) is 29.2. The Morgan fingerprint density at radius 2 is 1.54 bits per heavy atom. The first-order valence-electron chi connectivity index (χ1n) is 12.7. The summed E-state index contributed by atoms with van der Waals surface area (Å²) >= 11 is 0. The van der Waals surface area contributed by atoms with Gasteiger partial charge in [-0.1, -0.05) is 0 Å². The second-order valence-corrected chi connectivity index (χ2v) is 9.94. The molecule has 3 heterocycles. The number of benzene rings is 2. The second-order valence-electron chi connectivity index (χ2n) is 9.94. The fourth-order valence-electron chi connectivity index (χ4n) is 4.79. The van der Waals surface area contributed by atoms with Gasteiger partial charge in [0.25, 0.3) is 0 Å². The van der Waals surface area contributed by atoms with Gasteiger partial charge in [0.05, 0.1) is 12.7 Å². The average molecular weight is 579 g/mol. The lowest BCUT2D eigenvalue weighted by molar-refractivity contribution is -0.354. The molecule has 3 aromatic rings. The van der Waals surface area contributed by atoms with Crippen molar-refractivity contribution in [2.24, 2.45) is 0 Å². The van der Waals surface area contributed by atoms with Gasteiger partial charge < -0.3 is 64.2 Å². The molecule has 14 nitrogen and oxygen atoms in total. The zero-order valence-corrected chi connectivity index (χ0v) is 21.5. The van der Waals surface area contributed by atoms with Crippen LogP contribution in [0.4, 0.5) is 0 Å². The summed E-state index contributed by atoms with van der Waals surface area (Å²) in [5.41, 5.74) is -0.182. The zero-order valence-electron chi connectivity index (χ0n) is 21.5. The third-order valence-corrected chi connectivity index (χ3v) is 7.11. The lowest BCUT2D eigenvalue weighted by Crippen LogP contribution is -2.64. The third-order valence-electron chi connectivity index (χ3n) is 7.11. The van der Waals surface area contributed by atoms with Crippen molar-refractivity contribution in [3.8, 4) is 28.6 Å². The molecule has 222 valence electrons. The molecule has 5 rings (SSSR count). The molecule has 0 saturated carbocycles. The van der Waals surface area contributed by atoms with Crippen molar-refractivity contribution in [3.63, 3.8) is 0 Å². The van der Waals surface area contributed by atoms with Crippen LogP contribution in [0.3, 0.4) is 0 Å². The van der Waals surface area contributed by atoms with Crippen LogP contribution in [0.2, 0.25) is 0 Å². The third kappa shape index (κ3) is 5.61. The quantitative estimate of drug-likeness (QED) is 0.174. The number of aliphatic hydroxyl groups is 6. The maximum absolute atomic E-state index is 12.8. The van der Waals surface area contributed by atoms with Crippen molar-refractivity contribution < 1.29 is 64.2 Å². The number of phenols is 2. The summed E-state index contributed by atoms with van der Waals surface area (Å²) in [5, 5.41) is 81.4. The molecule has 8 N–H and O–H groups in total. The molecular weight excluding hydrogens is 548 g/mol. The van der Waals surface area contributed by atoms with E-state index in [-0.39, 0.29) is 28.2 Å². The maximum atomic E-state index is 12.8. The van der Waals surface area contributed by atoms with Crippen LogP contribution in [-0.2, 0) is 14.2 Å². The Labute approximate surface area is 231 Å². The first-order valence-corrected chi connectivity index (χ1v) is 12.7. The smallest absolute Gasteiger partial charge is 0.229 e. The van der Waals surface area contributed by atoms with Gasteiger partial charge >= 0.3 is 0 Å². The number of rotatable bonds is 6. The number of ether oxygens (including phenoxy) is 4. The van der Waals surface area contributed by atoms with E-state index in [2.05, 4.69) is 0 Å². The van der Waals surface area contributed by atoms with Crippen LogP contribution < -0.4 is 10.2 Å². The lowest BCUT2D eigenvalue weighted by atomic mass is 9.97. The van der Waals surface area contributed by atoms with Crippen molar-refractivity contribution in [1.29, 1.82) is 0 Å². The van der Waals surface area contributed by atoms with Gasteiger partial charge in [-0.3, -0.25) is 4.79 Å². The second kappa shape index (κ2) is 11.5. The molecule has 41 heavy (non-hydrogen) atoms. The monoisotopic (exact) mass is 578 g/mol. The SMILES string of the molecule is C[C@@H]1O[C@@H](O[C@@H]2[C@H](Oc3cc(O)c4c(=O)cc(-c5ccc(O)cc5)oc4c3)O[C@@H](CO)[C@@H](O)[C@H]2O)[C@H](O)[C@@H](O)[C@H]1O. The van der Waals surface area contributed by atoms with Crippen LogP contribution in [0.15, 0.2) is 51.7 Å². The summed E-state index contributed by atoms with van der Waals surface area (Å²) < 4.78 is 28.4. The Kier molecular flexibility index (Phi) is 8.20. The number of hydrogen-bond donors (Lipinski definition) is 8. The number of fused-ring (bicyclic) bond motifs is 1. The number of aromatic hydroxyl groups is 2. The normalized spacial score (nSPS) is 34.0. The van der Waals surface area contributed by atoms with Crippen molar-refractivity contribution in [3.05, 3.63) is 52.7 Å². The predicted octanol–water partition coefficient (Wildman–Crippen LogP) is -1.10. The number of hydrogen-bond acceptors (Lipinski definition) is 14. The van der Waals surface area contributed by atoms with Gasteiger partial charge in [0, 0.05) is 23.8 Å². The molecule has 0 radical (unpaired) electrons. The Balaban J connectivity index is 1.47. The molecule has 14 heteroatoms. The fourth-order valence-corrected chi connectivity index (χ4v) is 4.79. The molecule has 0 aliphatic carbocycles. The Morgan fingerprint density at radius 1 is 0.829 bits per heavy atom. The lowest BCUT2D eigenvalue weighted by Gasteiger charge is -2.45. The van der Waals surface area contributed by atoms with Crippen LogP contribution in [0.25, 0.3) is 22.3 Å². The highest BCUT2D eigenvalue weighted by Crippen LogP contribution is 2.35. The highest BCUT2D eigenvalue weighted by Gasteiger charge is 2.50. The number of phenolic OH excluding ortho intramolecular Hbond substituents is 2. The Morgan fingerprint density at radius 3 is 2.22 bits per heavy atom. The van der Waals surface area contributed by atoms with E-state index >= 15 is 0 Å². The minimum absolute atomic E-state index is 0.00857. The number of aliphatic hydroxyl groups excluding tert-OH is 6. The molecule has 2 aromatic carbocycles. The van der Waals surface area contributed by atoms with Crippen LogP contribution in [0, 0.1) is 0 Å². The molecule has 2 fully saturated rings. The summed E-state index contributed by atoms with van der Waals surface area (Å²) in [6.07, 6.45) is -15.3. The summed E-state index contributed by atoms with van der Waals surface area (Å²) in [5.74, 6) is -0.498. The van der Waals surface area contributed by atoms with Gasteiger partial charge in [-0.15, -0.1) is 0 Å². The minimum atomic E-state index is -1.76. The molecule has 2 aliphatic rings. The Hall–Kier alpha value is -3.31. The highest BCUT2D eigenvalue weighted by molar-refractivity contribution is 5.86. The van der Waals surface area contributed by atoms with Gasteiger partial charge in [0.2, 0.25) is 6.29 Å². The van der Waals surface area contributed by atoms with Gasteiger partial charge in [-0.2, -0.15) is 0 Å². The molecule has 1 aromatic heterocycles. The van der Waals surface area contributed by atoms with Crippen LogP contribution in [0.1, 0.15) is 6.92 Å². The van der Waals surface area contributed by atoms with E-state index in [9.17, 15) is 45.6 Å². The van der Waals surface area contributed by atoms with Gasteiger partial charge in [-0.25, -0.2) is 0 Å². The minimum Gasteiger partial charge on any atom is -0.508 e. The molecular formula is C27H30O14. The van der Waals surface area contributed by atoms with Crippen LogP contribution in [0.5, 0.6) is 17.2 Å². The molecule has 0 unspecified atom stereocenters. The topological polar surface area (TPSA) is 229 Å². The summed E-state index contributed by atoms with van der Waals surface area (Å²) in [4.78, 5) is 12.8. The average Bonchev–Trinajstić information content (AvgIpc) is 2.94. The van der Waals surface area contributed by atoms with E-state index in [1.54, 1.807) is 0 Å². The summed E-state index contributed by atoms with van der Waals surface area (Å²) in [6, 6.07) is 9.38. The molecule has 0 amide bonds. The van der Waals surface area contributed by atoms with E-state index in [4.69, 9.17) is 23.4 Å². The van der Waals surface area contributed by atoms with Crippen molar-refractivity contribution in [1.82, 2.24) is 0 Å². The highest BCUT2D eigenvalue weighted by atomic mass is 16.8.